The molecule has 0 bridgehead atoms. The molecule has 20 heavy (non-hydrogen) atoms. The van der Waals surface area contributed by atoms with Crippen molar-refractivity contribution in [2.45, 2.75) is 13.3 Å². The van der Waals surface area contributed by atoms with E-state index in [1.54, 1.807) is 36.5 Å². The molecule has 1 heterocycles. The second kappa shape index (κ2) is 5.97. The van der Waals surface area contributed by atoms with E-state index in [0.717, 1.165) is 5.56 Å². The van der Waals surface area contributed by atoms with E-state index in [4.69, 9.17) is 5.11 Å². The van der Waals surface area contributed by atoms with Gasteiger partial charge in [-0.25, -0.2) is 0 Å². The van der Waals surface area contributed by atoms with Crippen molar-refractivity contribution in [2.75, 3.05) is 5.32 Å². The molecule has 0 aliphatic heterocycles. The fourth-order valence-electron chi connectivity index (χ4n) is 1.79. The molecule has 0 radical (unpaired) electrons. The van der Waals surface area contributed by atoms with E-state index in [1.807, 2.05) is 13.0 Å². The van der Waals surface area contributed by atoms with Crippen molar-refractivity contribution in [1.82, 2.24) is 4.98 Å². The predicted octanol–water partition coefficient (Wildman–Crippen LogP) is 2.27. The summed E-state index contributed by atoms with van der Waals surface area (Å²) in [5, 5.41) is 11.4. The highest BCUT2D eigenvalue weighted by molar-refractivity contribution is 6.03. The number of hydrogen-bond acceptors (Lipinski definition) is 3. The standard InChI is InChI=1S/C15H14N2O3/c1-10-3-2-8-16-14(10)15(20)17-12-6-4-11(5-7-12)9-13(18)19/h2-8H,9H2,1H3,(H,17,20)(H,18,19). The molecule has 0 saturated heterocycles. The van der Waals surface area contributed by atoms with Crippen LogP contribution in [-0.4, -0.2) is 22.0 Å². The average Bonchev–Trinajstić information content (AvgIpc) is 2.41. The molecule has 1 aromatic heterocycles. The largest absolute Gasteiger partial charge is 0.481 e. The zero-order chi connectivity index (χ0) is 14.5. The lowest BCUT2D eigenvalue weighted by molar-refractivity contribution is -0.136. The number of rotatable bonds is 4. The molecule has 0 aliphatic carbocycles. The molecule has 2 rings (SSSR count). The number of benzene rings is 1. The van der Waals surface area contributed by atoms with Crippen LogP contribution in [0.2, 0.25) is 0 Å². The van der Waals surface area contributed by atoms with Crippen molar-refractivity contribution in [2.24, 2.45) is 0 Å². The zero-order valence-corrected chi connectivity index (χ0v) is 11.0. The van der Waals surface area contributed by atoms with Crippen LogP contribution in [0.1, 0.15) is 21.6 Å². The molecule has 5 nitrogen and oxygen atoms in total. The SMILES string of the molecule is Cc1cccnc1C(=O)Nc1ccc(CC(=O)O)cc1. The molecule has 1 aromatic carbocycles. The van der Waals surface area contributed by atoms with Gasteiger partial charge < -0.3 is 10.4 Å². The lowest BCUT2D eigenvalue weighted by atomic mass is 10.1. The van der Waals surface area contributed by atoms with Gasteiger partial charge in [0.05, 0.1) is 6.42 Å². The highest BCUT2D eigenvalue weighted by atomic mass is 16.4. The molecule has 0 aliphatic rings. The number of carbonyl (C=O) groups excluding carboxylic acids is 1. The fraction of sp³-hybridized carbons (Fsp3) is 0.133. The first-order valence-electron chi connectivity index (χ1n) is 6.10. The van der Waals surface area contributed by atoms with Crippen LogP contribution in [0.4, 0.5) is 5.69 Å². The lowest BCUT2D eigenvalue weighted by Gasteiger charge is -2.07. The van der Waals surface area contributed by atoms with Crippen molar-refractivity contribution < 1.29 is 14.7 Å². The summed E-state index contributed by atoms with van der Waals surface area (Å²) in [6.07, 6.45) is 1.53. The Bertz CT molecular complexity index is 636. The van der Waals surface area contributed by atoms with E-state index in [9.17, 15) is 9.59 Å². The van der Waals surface area contributed by atoms with Gasteiger partial charge in [-0.15, -0.1) is 0 Å². The number of carboxylic acid groups (broad SMARTS) is 1. The number of aliphatic carboxylic acids is 1. The third-order valence-electron chi connectivity index (χ3n) is 2.79. The number of anilines is 1. The molecule has 102 valence electrons. The second-order valence-corrected chi connectivity index (χ2v) is 4.39. The zero-order valence-electron chi connectivity index (χ0n) is 11.0. The van der Waals surface area contributed by atoms with Crippen LogP contribution < -0.4 is 5.32 Å². The Labute approximate surface area is 116 Å². The van der Waals surface area contributed by atoms with Gasteiger partial charge in [0.1, 0.15) is 5.69 Å². The lowest BCUT2D eigenvalue weighted by Crippen LogP contribution is -2.15. The first-order chi connectivity index (χ1) is 9.56. The van der Waals surface area contributed by atoms with Crippen molar-refractivity contribution in [1.29, 1.82) is 0 Å². The first-order valence-corrected chi connectivity index (χ1v) is 6.10. The highest BCUT2D eigenvalue weighted by Gasteiger charge is 2.10. The molecule has 0 spiro atoms. The minimum atomic E-state index is -0.883. The Morgan fingerprint density at radius 3 is 2.50 bits per heavy atom. The summed E-state index contributed by atoms with van der Waals surface area (Å²) in [6, 6.07) is 10.3. The maximum atomic E-state index is 12.0. The van der Waals surface area contributed by atoms with E-state index in [1.165, 1.54) is 0 Å². The monoisotopic (exact) mass is 270 g/mol. The Balaban J connectivity index is 2.09. The van der Waals surface area contributed by atoms with Crippen LogP contribution in [0.5, 0.6) is 0 Å². The molecule has 2 N–H and O–H groups in total. The predicted molar refractivity (Wildman–Crippen MR) is 74.7 cm³/mol. The van der Waals surface area contributed by atoms with E-state index in [-0.39, 0.29) is 12.3 Å². The Kier molecular flexibility index (Phi) is 4.10. The fourth-order valence-corrected chi connectivity index (χ4v) is 1.79. The normalized spacial score (nSPS) is 10.1. The summed E-state index contributed by atoms with van der Waals surface area (Å²) in [7, 11) is 0. The number of aryl methyl sites for hydroxylation is 1. The van der Waals surface area contributed by atoms with E-state index >= 15 is 0 Å². The maximum absolute atomic E-state index is 12.0. The summed E-state index contributed by atoms with van der Waals surface area (Å²) >= 11 is 0. The maximum Gasteiger partial charge on any atom is 0.307 e. The van der Waals surface area contributed by atoms with Crippen LogP contribution in [0.3, 0.4) is 0 Å². The highest BCUT2D eigenvalue weighted by Crippen LogP contribution is 2.12. The van der Waals surface area contributed by atoms with Gasteiger partial charge in [-0.3, -0.25) is 14.6 Å². The third kappa shape index (κ3) is 3.41. The molecule has 0 saturated carbocycles. The van der Waals surface area contributed by atoms with Gasteiger partial charge in [0.25, 0.3) is 5.91 Å². The summed E-state index contributed by atoms with van der Waals surface area (Å²) in [6.45, 7) is 1.82. The number of carbonyl (C=O) groups is 2. The number of carboxylic acids is 1. The van der Waals surface area contributed by atoms with Gasteiger partial charge in [0.2, 0.25) is 0 Å². The van der Waals surface area contributed by atoms with Crippen molar-refractivity contribution in [3.63, 3.8) is 0 Å². The average molecular weight is 270 g/mol. The van der Waals surface area contributed by atoms with Gasteiger partial charge in [-0.1, -0.05) is 18.2 Å². The molecule has 1 amide bonds. The number of hydrogen-bond donors (Lipinski definition) is 2. The summed E-state index contributed by atoms with van der Waals surface area (Å²) in [4.78, 5) is 26.6. The molecule has 5 heteroatoms. The van der Waals surface area contributed by atoms with Crippen LogP contribution in [0, 0.1) is 6.92 Å². The topological polar surface area (TPSA) is 79.3 Å². The third-order valence-corrected chi connectivity index (χ3v) is 2.79. The number of amides is 1. The Morgan fingerprint density at radius 2 is 1.90 bits per heavy atom. The van der Waals surface area contributed by atoms with E-state index < -0.39 is 5.97 Å². The van der Waals surface area contributed by atoms with Gasteiger partial charge in [0.15, 0.2) is 0 Å². The Morgan fingerprint density at radius 1 is 1.20 bits per heavy atom. The first kappa shape index (κ1) is 13.7. The van der Waals surface area contributed by atoms with Crippen LogP contribution in [0.15, 0.2) is 42.6 Å². The summed E-state index contributed by atoms with van der Waals surface area (Å²) < 4.78 is 0. The van der Waals surface area contributed by atoms with Crippen LogP contribution in [0.25, 0.3) is 0 Å². The van der Waals surface area contributed by atoms with Gasteiger partial charge in [-0.2, -0.15) is 0 Å². The quantitative estimate of drug-likeness (QED) is 0.893. The molecular formula is C15H14N2O3. The number of nitrogens with one attached hydrogen (secondary N) is 1. The summed E-state index contributed by atoms with van der Waals surface area (Å²) in [5.41, 5.74) is 2.47. The van der Waals surface area contributed by atoms with Crippen molar-refractivity contribution >= 4 is 17.6 Å². The molecule has 0 unspecified atom stereocenters. The second-order valence-electron chi connectivity index (χ2n) is 4.39. The molecule has 2 aromatic rings. The van der Waals surface area contributed by atoms with E-state index in [0.29, 0.717) is 16.9 Å². The Hall–Kier alpha value is -2.69. The number of nitrogens with zero attached hydrogens (tertiary/aromatic N) is 1. The minimum absolute atomic E-state index is 0.0342. The van der Waals surface area contributed by atoms with Gasteiger partial charge in [-0.05, 0) is 36.2 Å². The van der Waals surface area contributed by atoms with Crippen LogP contribution >= 0.6 is 0 Å². The molecule has 0 fully saturated rings. The minimum Gasteiger partial charge on any atom is -0.481 e. The smallest absolute Gasteiger partial charge is 0.307 e. The van der Waals surface area contributed by atoms with Gasteiger partial charge in [0, 0.05) is 11.9 Å². The number of pyridine rings is 1. The van der Waals surface area contributed by atoms with E-state index in [2.05, 4.69) is 10.3 Å². The van der Waals surface area contributed by atoms with Crippen molar-refractivity contribution in [3.05, 3.63) is 59.4 Å². The van der Waals surface area contributed by atoms with Crippen LogP contribution in [-0.2, 0) is 11.2 Å². The van der Waals surface area contributed by atoms with Gasteiger partial charge >= 0.3 is 5.97 Å². The molecule has 0 atom stereocenters. The van der Waals surface area contributed by atoms with Crippen molar-refractivity contribution in [3.8, 4) is 0 Å². The molecular weight excluding hydrogens is 256 g/mol. The number of aromatic nitrogens is 1. The summed E-state index contributed by atoms with van der Waals surface area (Å²) in [5.74, 6) is -1.17.